The first-order valence-corrected chi connectivity index (χ1v) is 9.34. The average Bonchev–Trinajstić information content (AvgIpc) is 3.15. The van der Waals surface area contributed by atoms with Gasteiger partial charge in [0.05, 0.1) is 24.4 Å². The smallest absolute Gasteiger partial charge is 0.337 e. The molecule has 28 heavy (non-hydrogen) atoms. The lowest BCUT2D eigenvalue weighted by Gasteiger charge is -2.35. The van der Waals surface area contributed by atoms with E-state index >= 15 is 0 Å². The van der Waals surface area contributed by atoms with E-state index in [2.05, 4.69) is 21.2 Å². The van der Waals surface area contributed by atoms with Gasteiger partial charge in [-0.2, -0.15) is 0 Å². The molecule has 2 aliphatic rings. The maximum absolute atomic E-state index is 13.0. The number of carbonyl (C=O) groups is 2. The van der Waals surface area contributed by atoms with E-state index in [1.165, 1.54) is 12.0 Å². The van der Waals surface area contributed by atoms with Gasteiger partial charge in [-0.25, -0.2) is 9.59 Å². The van der Waals surface area contributed by atoms with Gasteiger partial charge in [0.1, 0.15) is 0 Å². The van der Waals surface area contributed by atoms with Crippen molar-refractivity contribution in [1.82, 2.24) is 5.32 Å². The summed E-state index contributed by atoms with van der Waals surface area (Å²) in [6, 6.07) is 11.6. The molecule has 2 aliphatic heterocycles. The van der Waals surface area contributed by atoms with Gasteiger partial charge in [0, 0.05) is 16.2 Å². The van der Waals surface area contributed by atoms with Gasteiger partial charge in [-0.1, -0.05) is 34.1 Å². The number of ether oxygens (including phenoxy) is 3. The third-order valence-corrected chi connectivity index (χ3v) is 5.44. The molecule has 0 saturated carbocycles. The normalized spacial score (nSPS) is 18.2. The van der Waals surface area contributed by atoms with E-state index in [1.807, 2.05) is 24.3 Å². The number of hydrogen-bond acceptors (Lipinski definition) is 5. The quantitative estimate of drug-likeness (QED) is 0.726. The fourth-order valence-electron chi connectivity index (χ4n) is 3.40. The molecule has 8 heteroatoms. The summed E-state index contributed by atoms with van der Waals surface area (Å²) in [6.07, 6.45) is 0. The zero-order valence-corrected chi connectivity index (χ0v) is 16.8. The second-order valence-corrected chi connectivity index (χ2v) is 7.12. The van der Waals surface area contributed by atoms with E-state index in [0.29, 0.717) is 28.5 Å². The summed E-state index contributed by atoms with van der Waals surface area (Å²) in [4.78, 5) is 27.1. The van der Waals surface area contributed by atoms with Gasteiger partial charge in [-0.3, -0.25) is 4.90 Å². The fourth-order valence-corrected chi connectivity index (χ4v) is 3.91. The number of fused-ring (bicyclic) bond motifs is 1. The lowest BCUT2D eigenvalue weighted by Crippen LogP contribution is -2.48. The van der Waals surface area contributed by atoms with Gasteiger partial charge in [0.2, 0.25) is 6.79 Å². The van der Waals surface area contributed by atoms with Gasteiger partial charge < -0.3 is 19.5 Å². The van der Waals surface area contributed by atoms with Crippen LogP contribution in [0.25, 0.3) is 0 Å². The number of halogens is 1. The first-order chi connectivity index (χ1) is 13.5. The highest BCUT2D eigenvalue weighted by Crippen LogP contribution is 2.40. The molecule has 1 N–H and O–H groups in total. The van der Waals surface area contributed by atoms with Crippen molar-refractivity contribution in [2.24, 2.45) is 0 Å². The Bertz CT molecular complexity index is 1000. The predicted molar refractivity (Wildman–Crippen MR) is 105 cm³/mol. The molecule has 1 unspecified atom stereocenters. The Morgan fingerprint density at radius 1 is 1.21 bits per heavy atom. The number of esters is 1. The highest BCUT2D eigenvalue weighted by Gasteiger charge is 2.38. The maximum Gasteiger partial charge on any atom is 0.337 e. The number of rotatable bonds is 3. The Balaban J connectivity index is 1.84. The summed E-state index contributed by atoms with van der Waals surface area (Å²) in [7, 11) is 1.32. The number of nitrogens with one attached hydrogen (secondary N) is 1. The molecule has 2 heterocycles. The number of methoxy groups -OCH3 is 1. The Labute approximate surface area is 170 Å². The van der Waals surface area contributed by atoms with E-state index in [4.69, 9.17) is 14.2 Å². The average molecular weight is 445 g/mol. The zero-order chi connectivity index (χ0) is 19.8. The Kier molecular flexibility index (Phi) is 4.72. The van der Waals surface area contributed by atoms with Crippen LogP contribution in [-0.4, -0.2) is 25.9 Å². The van der Waals surface area contributed by atoms with E-state index in [0.717, 1.165) is 10.0 Å². The molecule has 0 saturated heterocycles. The Morgan fingerprint density at radius 2 is 1.96 bits per heavy atom. The number of anilines is 1. The van der Waals surface area contributed by atoms with E-state index in [9.17, 15) is 9.59 Å². The van der Waals surface area contributed by atoms with Crippen LogP contribution in [0, 0.1) is 0 Å². The molecule has 0 fully saturated rings. The molecule has 1 atom stereocenters. The van der Waals surface area contributed by atoms with Crippen LogP contribution in [0.15, 0.2) is 58.2 Å². The number of urea groups is 1. The topological polar surface area (TPSA) is 77.1 Å². The van der Waals surface area contributed by atoms with E-state index in [1.54, 1.807) is 25.1 Å². The highest BCUT2D eigenvalue weighted by molar-refractivity contribution is 9.10. The van der Waals surface area contributed by atoms with Crippen molar-refractivity contribution in [3.05, 3.63) is 63.8 Å². The van der Waals surface area contributed by atoms with Crippen molar-refractivity contribution in [3.8, 4) is 11.5 Å². The lowest BCUT2D eigenvalue weighted by atomic mass is 9.94. The van der Waals surface area contributed by atoms with Gasteiger partial charge >= 0.3 is 12.0 Å². The van der Waals surface area contributed by atoms with Gasteiger partial charge in [-0.15, -0.1) is 0 Å². The zero-order valence-electron chi connectivity index (χ0n) is 15.2. The third kappa shape index (κ3) is 2.99. The molecule has 2 amide bonds. The van der Waals surface area contributed by atoms with Crippen LogP contribution in [0.1, 0.15) is 18.5 Å². The molecule has 144 valence electrons. The summed E-state index contributed by atoms with van der Waals surface area (Å²) in [5.41, 5.74) is 2.16. The number of benzene rings is 2. The maximum atomic E-state index is 13.0. The molecule has 2 aromatic carbocycles. The van der Waals surface area contributed by atoms with Crippen molar-refractivity contribution in [3.63, 3.8) is 0 Å². The Morgan fingerprint density at radius 3 is 2.71 bits per heavy atom. The highest BCUT2D eigenvalue weighted by atomic mass is 79.9. The van der Waals surface area contributed by atoms with Crippen LogP contribution in [0.5, 0.6) is 11.5 Å². The number of allylic oxidation sites excluding steroid dienone is 1. The first kappa shape index (κ1) is 18.4. The van der Waals surface area contributed by atoms with Crippen molar-refractivity contribution in [1.29, 1.82) is 0 Å². The van der Waals surface area contributed by atoms with Crippen LogP contribution < -0.4 is 19.7 Å². The fraction of sp³-hybridized carbons (Fsp3) is 0.200. The van der Waals surface area contributed by atoms with Crippen LogP contribution in [0.4, 0.5) is 10.5 Å². The standard InChI is InChI=1S/C20H17BrN2O5/c1-11-17(19(24)26-2)18(13-5-3-4-6-14(13)21)22-20(25)23(11)12-7-8-15-16(9-12)28-10-27-15/h3-9,18H,10H2,1-2H3,(H,22,25). The summed E-state index contributed by atoms with van der Waals surface area (Å²) >= 11 is 3.49. The van der Waals surface area contributed by atoms with E-state index < -0.39 is 12.0 Å². The van der Waals surface area contributed by atoms with Crippen molar-refractivity contribution in [2.45, 2.75) is 13.0 Å². The van der Waals surface area contributed by atoms with Gasteiger partial charge in [0.25, 0.3) is 0 Å². The predicted octanol–water partition coefficient (Wildman–Crippen LogP) is 3.90. The number of amides is 2. The monoisotopic (exact) mass is 444 g/mol. The second kappa shape index (κ2) is 7.20. The van der Waals surface area contributed by atoms with Crippen LogP contribution in [0.2, 0.25) is 0 Å². The third-order valence-electron chi connectivity index (χ3n) is 4.72. The largest absolute Gasteiger partial charge is 0.466 e. The first-order valence-electron chi connectivity index (χ1n) is 8.55. The summed E-state index contributed by atoms with van der Waals surface area (Å²) in [5, 5.41) is 2.91. The molecule has 2 aromatic rings. The van der Waals surface area contributed by atoms with Crippen molar-refractivity contribution in [2.75, 3.05) is 18.8 Å². The van der Waals surface area contributed by atoms with Crippen LogP contribution in [-0.2, 0) is 9.53 Å². The van der Waals surface area contributed by atoms with Gasteiger partial charge in [0.15, 0.2) is 11.5 Å². The lowest BCUT2D eigenvalue weighted by molar-refractivity contribution is -0.136. The Hall–Kier alpha value is -3.00. The second-order valence-electron chi connectivity index (χ2n) is 6.27. The van der Waals surface area contributed by atoms with Crippen LogP contribution >= 0.6 is 15.9 Å². The number of carbonyl (C=O) groups excluding carboxylic acids is 2. The summed E-state index contributed by atoms with van der Waals surface area (Å²) in [5.74, 6) is 0.650. The minimum atomic E-state index is -0.638. The number of hydrogen-bond donors (Lipinski definition) is 1. The van der Waals surface area contributed by atoms with Crippen LogP contribution in [0.3, 0.4) is 0 Å². The van der Waals surface area contributed by atoms with Crippen molar-refractivity contribution < 1.29 is 23.8 Å². The summed E-state index contributed by atoms with van der Waals surface area (Å²) < 4.78 is 16.5. The minimum absolute atomic E-state index is 0.136. The molecule has 4 rings (SSSR count). The molecule has 0 aliphatic carbocycles. The van der Waals surface area contributed by atoms with Crippen molar-refractivity contribution >= 4 is 33.6 Å². The minimum Gasteiger partial charge on any atom is -0.466 e. The summed E-state index contributed by atoms with van der Waals surface area (Å²) in [6.45, 7) is 1.86. The molecule has 7 nitrogen and oxygen atoms in total. The SMILES string of the molecule is COC(=O)C1=C(C)N(c2ccc3c(c2)OCO3)C(=O)NC1c1ccccc1Br. The molecule has 0 radical (unpaired) electrons. The van der Waals surface area contributed by atoms with Gasteiger partial charge in [-0.05, 0) is 30.7 Å². The molecular weight excluding hydrogens is 428 g/mol. The van der Waals surface area contributed by atoms with E-state index in [-0.39, 0.29) is 12.8 Å². The molecular formula is C20H17BrN2O5. The molecule has 0 bridgehead atoms. The molecule has 0 spiro atoms. The number of nitrogens with zero attached hydrogens (tertiary/aromatic N) is 1. The molecule has 0 aromatic heterocycles.